The van der Waals surface area contributed by atoms with Crippen LogP contribution in [0.25, 0.3) is 0 Å². The predicted molar refractivity (Wildman–Crippen MR) is 163 cm³/mol. The fourth-order valence-corrected chi connectivity index (χ4v) is 11.5. The van der Waals surface area contributed by atoms with E-state index in [0.717, 1.165) is 66.4 Å². The molecule has 1 aliphatic heterocycles. The van der Waals surface area contributed by atoms with Gasteiger partial charge in [0.2, 0.25) is 5.91 Å². The molecule has 0 spiro atoms. The number of nitrogens with one attached hydrogen (secondary N) is 1. The third-order valence-corrected chi connectivity index (χ3v) is 13.9. The number of para-hydroxylation sites is 1. The van der Waals surface area contributed by atoms with Crippen molar-refractivity contribution in [2.75, 3.05) is 20.1 Å². The van der Waals surface area contributed by atoms with Crippen LogP contribution in [-0.2, 0) is 4.79 Å². The van der Waals surface area contributed by atoms with Crippen molar-refractivity contribution < 1.29 is 4.79 Å². The molecule has 1 heterocycles. The Labute approximate surface area is 239 Å². The van der Waals surface area contributed by atoms with Crippen LogP contribution in [-0.4, -0.2) is 32.1 Å². The van der Waals surface area contributed by atoms with Gasteiger partial charge in [0.05, 0.1) is 20.1 Å². The lowest BCUT2D eigenvalue weighted by Gasteiger charge is -2.61. The SMILES string of the molecule is C[C@H](CCC(=O)NC1CC[N+](C)(c2ccccc2)CC1)[C@H]1CC[C@H]2[C@@H]3CCC4CCCC[C@]4(C)[C@H]3CC[C@]12C. The molecule has 1 saturated heterocycles. The van der Waals surface area contributed by atoms with Crippen LogP contribution in [0.1, 0.15) is 111 Å². The summed E-state index contributed by atoms with van der Waals surface area (Å²) >= 11 is 0. The van der Waals surface area contributed by atoms with Crippen LogP contribution in [0.4, 0.5) is 5.69 Å². The Hall–Kier alpha value is -1.35. The van der Waals surface area contributed by atoms with Crippen molar-refractivity contribution in [1.29, 1.82) is 0 Å². The smallest absolute Gasteiger partial charge is 0.220 e. The number of hydrogen-bond donors (Lipinski definition) is 1. The van der Waals surface area contributed by atoms with Gasteiger partial charge in [0.25, 0.3) is 0 Å². The van der Waals surface area contributed by atoms with E-state index in [1.54, 1.807) is 0 Å². The van der Waals surface area contributed by atoms with E-state index in [1.807, 2.05) is 0 Å². The second-order valence-corrected chi connectivity index (χ2v) is 15.7. The highest BCUT2D eigenvalue weighted by Crippen LogP contribution is 2.68. The van der Waals surface area contributed by atoms with E-state index in [9.17, 15) is 4.79 Å². The number of quaternary nitrogens is 1. The van der Waals surface area contributed by atoms with Crippen LogP contribution in [0, 0.1) is 46.3 Å². The molecule has 3 nitrogen and oxygen atoms in total. The number of piperidine rings is 1. The van der Waals surface area contributed by atoms with Crippen LogP contribution in [0.5, 0.6) is 0 Å². The third-order valence-electron chi connectivity index (χ3n) is 13.9. The second-order valence-electron chi connectivity index (χ2n) is 15.7. The summed E-state index contributed by atoms with van der Waals surface area (Å²) in [5.74, 6) is 5.70. The van der Waals surface area contributed by atoms with E-state index in [0.29, 0.717) is 35.1 Å². The third kappa shape index (κ3) is 5.02. The van der Waals surface area contributed by atoms with Crippen molar-refractivity contribution in [3.8, 4) is 0 Å². The van der Waals surface area contributed by atoms with Gasteiger partial charge in [0, 0.05) is 25.3 Å². The molecule has 1 aromatic carbocycles. The predicted octanol–water partition coefficient (Wildman–Crippen LogP) is 8.37. The fourth-order valence-electron chi connectivity index (χ4n) is 11.5. The fraction of sp³-hybridized carbons (Fsp3) is 0.806. The number of likely N-dealkylation sites (tertiary alicyclic amines) is 1. The van der Waals surface area contributed by atoms with Gasteiger partial charge in [0.1, 0.15) is 5.69 Å². The quantitative estimate of drug-likeness (QED) is 0.366. The van der Waals surface area contributed by atoms with E-state index in [4.69, 9.17) is 0 Å². The number of hydrogen-bond acceptors (Lipinski definition) is 1. The summed E-state index contributed by atoms with van der Waals surface area (Å²) in [6.07, 6.45) is 18.7. The number of rotatable bonds is 6. The van der Waals surface area contributed by atoms with Crippen LogP contribution >= 0.6 is 0 Å². The zero-order valence-electron chi connectivity index (χ0n) is 25.6. The molecule has 3 heteroatoms. The monoisotopic (exact) mass is 533 g/mol. The number of nitrogens with zero attached hydrogens (tertiary/aromatic N) is 1. The lowest BCUT2D eigenvalue weighted by Crippen LogP contribution is -2.55. The summed E-state index contributed by atoms with van der Waals surface area (Å²) in [4.78, 5) is 13.1. The second kappa shape index (κ2) is 10.8. The van der Waals surface area contributed by atoms with Crippen LogP contribution in [0.15, 0.2) is 30.3 Å². The number of benzene rings is 1. The molecule has 216 valence electrons. The Kier molecular flexibility index (Phi) is 7.70. The summed E-state index contributed by atoms with van der Waals surface area (Å²) in [6, 6.07) is 11.2. The van der Waals surface area contributed by atoms with Gasteiger partial charge in [-0.1, -0.05) is 51.8 Å². The van der Waals surface area contributed by atoms with E-state index in [1.165, 1.54) is 69.9 Å². The molecule has 0 aromatic heterocycles. The van der Waals surface area contributed by atoms with Gasteiger partial charge >= 0.3 is 0 Å². The van der Waals surface area contributed by atoms with Crippen LogP contribution in [0.2, 0.25) is 0 Å². The number of amides is 1. The molecule has 4 saturated carbocycles. The van der Waals surface area contributed by atoms with E-state index in [2.05, 4.69) is 63.5 Å². The molecule has 5 aliphatic rings. The van der Waals surface area contributed by atoms with Crippen molar-refractivity contribution in [1.82, 2.24) is 9.80 Å². The molecule has 6 rings (SSSR count). The summed E-state index contributed by atoms with van der Waals surface area (Å²) in [6.45, 7) is 10.1. The number of carbonyl (C=O) groups is 1. The van der Waals surface area contributed by atoms with Gasteiger partial charge in [-0.05, 0) is 116 Å². The first-order valence-electron chi connectivity index (χ1n) is 16.9. The molecule has 0 radical (unpaired) electrons. The normalized spacial score (nSPS) is 44.5. The summed E-state index contributed by atoms with van der Waals surface area (Å²) in [5.41, 5.74) is 2.55. The van der Waals surface area contributed by atoms with Crippen molar-refractivity contribution in [3.05, 3.63) is 30.3 Å². The molecular weight excluding hydrogens is 476 g/mol. The Morgan fingerprint density at radius 1 is 0.897 bits per heavy atom. The van der Waals surface area contributed by atoms with Crippen molar-refractivity contribution >= 4 is 11.6 Å². The van der Waals surface area contributed by atoms with E-state index >= 15 is 0 Å². The molecule has 1 unspecified atom stereocenters. The van der Waals surface area contributed by atoms with Gasteiger partial charge in [-0.3, -0.25) is 9.28 Å². The molecule has 4 aliphatic carbocycles. The average molecular weight is 534 g/mol. The maximum atomic E-state index is 13.1. The molecule has 0 bridgehead atoms. The van der Waals surface area contributed by atoms with Crippen LogP contribution < -0.4 is 9.80 Å². The van der Waals surface area contributed by atoms with Gasteiger partial charge < -0.3 is 5.32 Å². The zero-order valence-corrected chi connectivity index (χ0v) is 25.6. The average Bonchev–Trinajstić information content (AvgIpc) is 3.30. The Balaban J connectivity index is 1.00. The largest absolute Gasteiger partial charge is 0.353 e. The number of carbonyl (C=O) groups excluding carboxylic acids is 1. The first-order valence-corrected chi connectivity index (χ1v) is 16.9. The molecule has 1 amide bonds. The maximum Gasteiger partial charge on any atom is 0.220 e. The first kappa shape index (κ1) is 27.8. The molecule has 5 fully saturated rings. The van der Waals surface area contributed by atoms with E-state index < -0.39 is 0 Å². The van der Waals surface area contributed by atoms with Crippen molar-refractivity contribution in [2.24, 2.45) is 46.3 Å². The maximum absolute atomic E-state index is 13.1. The molecule has 1 N–H and O–H groups in total. The summed E-state index contributed by atoms with van der Waals surface area (Å²) < 4.78 is 0.993. The van der Waals surface area contributed by atoms with E-state index in [-0.39, 0.29) is 0 Å². The topological polar surface area (TPSA) is 29.1 Å². The lowest BCUT2D eigenvalue weighted by molar-refractivity contribution is -0.123. The molecule has 39 heavy (non-hydrogen) atoms. The van der Waals surface area contributed by atoms with Gasteiger partial charge in [-0.2, -0.15) is 0 Å². The Bertz CT molecular complexity index is 999. The highest BCUT2D eigenvalue weighted by Gasteiger charge is 2.60. The highest BCUT2D eigenvalue weighted by molar-refractivity contribution is 5.76. The van der Waals surface area contributed by atoms with Gasteiger partial charge in [0.15, 0.2) is 0 Å². The van der Waals surface area contributed by atoms with Crippen molar-refractivity contribution in [3.63, 3.8) is 0 Å². The zero-order chi connectivity index (χ0) is 27.3. The molecule has 8 atom stereocenters. The number of fused-ring (bicyclic) bond motifs is 5. The minimum Gasteiger partial charge on any atom is -0.353 e. The Morgan fingerprint density at radius 3 is 2.41 bits per heavy atom. The Morgan fingerprint density at radius 2 is 1.64 bits per heavy atom. The van der Waals surface area contributed by atoms with Gasteiger partial charge in [-0.25, -0.2) is 0 Å². The standard InChI is InChI=1S/C36H56N2O/c1-26(13-18-34(39)37-28-20-24-38(4,25-21-28)29-11-6-5-7-12-29)31-16-17-32-30-15-14-27-10-8-9-22-35(27,2)33(30)19-23-36(31,32)3/h5-7,11-12,26-28,30-33H,8-10,13-25H2,1-4H3/p+1/t26-,27?,28?,30+,31-,32+,33+,35+,36-,38?/m1/s1. The summed E-state index contributed by atoms with van der Waals surface area (Å²) in [7, 11) is 2.35. The van der Waals surface area contributed by atoms with Gasteiger partial charge in [-0.15, -0.1) is 0 Å². The molecule has 1 aromatic rings. The molecular formula is C36H57N2O+. The van der Waals surface area contributed by atoms with Crippen LogP contribution in [0.3, 0.4) is 0 Å². The lowest BCUT2D eigenvalue weighted by atomic mass is 9.44. The van der Waals surface area contributed by atoms with Crippen molar-refractivity contribution in [2.45, 2.75) is 117 Å². The first-order chi connectivity index (χ1) is 18.7. The minimum absolute atomic E-state index is 0.301. The minimum atomic E-state index is 0.301. The highest BCUT2D eigenvalue weighted by atomic mass is 16.1. The summed E-state index contributed by atoms with van der Waals surface area (Å²) in [5, 5.41) is 3.44.